The number of nitriles is 1. The molecule has 0 amide bonds. The lowest BCUT2D eigenvalue weighted by atomic mass is 9.84. The van der Waals surface area contributed by atoms with Gasteiger partial charge in [0.2, 0.25) is 0 Å². The van der Waals surface area contributed by atoms with Crippen molar-refractivity contribution in [3.8, 4) is 6.07 Å². The summed E-state index contributed by atoms with van der Waals surface area (Å²) in [7, 11) is 1.72. The molecule has 2 rings (SSSR count). The van der Waals surface area contributed by atoms with Crippen molar-refractivity contribution in [3.63, 3.8) is 0 Å². The van der Waals surface area contributed by atoms with E-state index in [-0.39, 0.29) is 5.92 Å². The fourth-order valence-corrected chi connectivity index (χ4v) is 2.95. The highest BCUT2D eigenvalue weighted by Crippen LogP contribution is 2.29. The molecule has 6 heteroatoms. The zero-order valence-electron chi connectivity index (χ0n) is 11.9. The molecule has 0 aliphatic heterocycles. The van der Waals surface area contributed by atoms with Crippen molar-refractivity contribution in [1.82, 2.24) is 9.78 Å². The third kappa shape index (κ3) is 2.77. The van der Waals surface area contributed by atoms with Gasteiger partial charge < -0.3 is 10.4 Å². The van der Waals surface area contributed by atoms with E-state index in [0.717, 1.165) is 25.7 Å². The number of carboxylic acid groups (broad SMARTS) is 1. The molecule has 1 fully saturated rings. The summed E-state index contributed by atoms with van der Waals surface area (Å²) < 4.78 is 1.55. The minimum absolute atomic E-state index is 0.114. The van der Waals surface area contributed by atoms with Crippen molar-refractivity contribution in [3.05, 3.63) is 11.3 Å². The summed E-state index contributed by atoms with van der Waals surface area (Å²) in [6.45, 7) is 1.75. The van der Waals surface area contributed by atoms with E-state index in [4.69, 9.17) is 0 Å². The Kier molecular flexibility index (Phi) is 4.28. The number of carbonyl (C=O) groups is 1. The first kappa shape index (κ1) is 14.4. The number of rotatable bonds is 4. The van der Waals surface area contributed by atoms with Crippen LogP contribution >= 0.6 is 0 Å². The van der Waals surface area contributed by atoms with Gasteiger partial charge in [-0.1, -0.05) is 19.3 Å². The number of hydrogen-bond donors (Lipinski definition) is 2. The molecular weight excluding hydrogens is 256 g/mol. The van der Waals surface area contributed by atoms with Crippen LogP contribution in [-0.2, 0) is 11.8 Å². The molecule has 1 aliphatic rings. The molecule has 108 valence electrons. The number of aryl methyl sites for hydroxylation is 2. The van der Waals surface area contributed by atoms with Gasteiger partial charge in [0.05, 0.1) is 5.69 Å². The first-order valence-corrected chi connectivity index (χ1v) is 6.97. The minimum Gasteiger partial charge on any atom is -0.480 e. The summed E-state index contributed by atoms with van der Waals surface area (Å²) in [5.41, 5.74) is 1.04. The second kappa shape index (κ2) is 5.95. The Hall–Kier alpha value is -2.03. The summed E-state index contributed by atoms with van der Waals surface area (Å²) in [4.78, 5) is 11.5. The van der Waals surface area contributed by atoms with Gasteiger partial charge in [-0.25, -0.2) is 4.79 Å². The van der Waals surface area contributed by atoms with Crippen molar-refractivity contribution in [2.24, 2.45) is 13.0 Å². The minimum atomic E-state index is -0.861. The maximum atomic E-state index is 11.5. The number of nitrogens with one attached hydrogen (secondary N) is 1. The average Bonchev–Trinajstić information content (AvgIpc) is 2.70. The molecule has 1 atom stereocenters. The number of nitrogens with zero attached hydrogens (tertiary/aromatic N) is 3. The van der Waals surface area contributed by atoms with Gasteiger partial charge in [0, 0.05) is 7.05 Å². The number of carboxylic acids is 1. The highest BCUT2D eigenvalue weighted by atomic mass is 16.4. The van der Waals surface area contributed by atoms with Crippen molar-refractivity contribution in [2.45, 2.75) is 45.1 Å². The molecule has 1 saturated carbocycles. The van der Waals surface area contributed by atoms with Gasteiger partial charge >= 0.3 is 5.97 Å². The molecule has 0 bridgehead atoms. The highest BCUT2D eigenvalue weighted by molar-refractivity contribution is 5.78. The highest BCUT2D eigenvalue weighted by Gasteiger charge is 2.31. The molecule has 0 radical (unpaired) electrons. The Morgan fingerprint density at radius 3 is 2.70 bits per heavy atom. The summed E-state index contributed by atoms with van der Waals surface area (Å²) in [5.74, 6) is -0.245. The predicted molar refractivity (Wildman–Crippen MR) is 74.3 cm³/mol. The lowest BCUT2D eigenvalue weighted by Crippen LogP contribution is -2.38. The second-order valence-corrected chi connectivity index (χ2v) is 5.40. The van der Waals surface area contributed by atoms with Crippen LogP contribution < -0.4 is 5.32 Å². The number of hydrogen-bond acceptors (Lipinski definition) is 4. The van der Waals surface area contributed by atoms with Crippen molar-refractivity contribution in [2.75, 3.05) is 5.32 Å². The van der Waals surface area contributed by atoms with E-state index < -0.39 is 12.0 Å². The van der Waals surface area contributed by atoms with Gasteiger partial charge in [-0.15, -0.1) is 0 Å². The van der Waals surface area contributed by atoms with Gasteiger partial charge in [0.15, 0.2) is 0 Å². The largest absolute Gasteiger partial charge is 0.480 e. The predicted octanol–water partition coefficient (Wildman–Crippen LogP) is 2.05. The Labute approximate surface area is 118 Å². The Bertz CT molecular complexity index is 538. The van der Waals surface area contributed by atoms with Crippen molar-refractivity contribution >= 4 is 11.8 Å². The molecule has 20 heavy (non-hydrogen) atoms. The monoisotopic (exact) mass is 276 g/mol. The molecule has 1 aromatic heterocycles. The normalized spacial score (nSPS) is 17.4. The molecule has 6 nitrogen and oxygen atoms in total. The van der Waals surface area contributed by atoms with Crippen LogP contribution in [0.2, 0.25) is 0 Å². The SMILES string of the molecule is Cc1nn(C)c(NC(C(=O)O)C2CCCCC2)c1C#N. The molecule has 2 N–H and O–H groups in total. The fraction of sp³-hybridized carbons (Fsp3) is 0.643. The zero-order valence-corrected chi connectivity index (χ0v) is 11.9. The van der Waals surface area contributed by atoms with E-state index in [1.807, 2.05) is 0 Å². The van der Waals surface area contributed by atoms with Crippen LogP contribution in [-0.4, -0.2) is 26.9 Å². The number of anilines is 1. The van der Waals surface area contributed by atoms with E-state index in [0.29, 0.717) is 17.1 Å². The second-order valence-electron chi connectivity index (χ2n) is 5.40. The zero-order chi connectivity index (χ0) is 14.7. The quantitative estimate of drug-likeness (QED) is 0.878. The van der Waals surface area contributed by atoms with Crippen LogP contribution in [0.15, 0.2) is 0 Å². The smallest absolute Gasteiger partial charge is 0.326 e. The fourth-order valence-electron chi connectivity index (χ4n) is 2.95. The van der Waals surface area contributed by atoms with Crippen LogP contribution in [0.1, 0.15) is 43.4 Å². The molecule has 0 saturated heterocycles. The molecule has 0 spiro atoms. The van der Waals surface area contributed by atoms with Gasteiger partial charge in [0.1, 0.15) is 23.5 Å². The molecule has 1 unspecified atom stereocenters. The standard InChI is InChI=1S/C14H20N4O2/c1-9-11(8-15)13(18(2)17-9)16-12(14(19)20)10-6-4-3-5-7-10/h10,12,16H,3-7H2,1-2H3,(H,19,20). The van der Waals surface area contributed by atoms with Gasteiger partial charge in [0.25, 0.3) is 0 Å². The van der Waals surface area contributed by atoms with Gasteiger partial charge in [-0.05, 0) is 25.7 Å². The van der Waals surface area contributed by atoms with Crippen LogP contribution in [0, 0.1) is 24.2 Å². The summed E-state index contributed by atoms with van der Waals surface area (Å²) in [6, 6.07) is 1.44. The van der Waals surface area contributed by atoms with Crippen LogP contribution in [0.4, 0.5) is 5.82 Å². The average molecular weight is 276 g/mol. The van der Waals surface area contributed by atoms with Gasteiger partial charge in [-0.3, -0.25) is 4.68 Å². The molecule has 1 aromatic rings. The lowest BCUT2D eigenvalue weighted by Gasteiger charge is -2.28. The van der Waals surface area contributed by atoms with E-state index in [1.54, 1.807) is 18.7 Å². The molecule has 1 aliphatic carbocycles. The number of aliphatic carboxylic acids is 1. The van der Waals surface area contributed by atoms with Crippen molar-refractivity contribution < 1.29 is 9.90 Å². The third-order valence-electron chi connectivity index (χ3n) is 4.01. The molecule has 0 aromatic carbocycles. The molecular formula is C14H20N4O2. The lowest BCUT2D eigenvalue weighted by molar-refractivity contribution is -0.139. The van der Waals surface area contributed by atoms with E-state index >= 15 is 0 Å². The first-order chi connectivity index (χ1) is 9.54. The third-order valence-corrected chi connectivity index (χ3v) is 4.01. The first-order valence-electron chi connectivity index (χ1n) is 6.97. The number of aromatic nitrogens is 2. The van der Waals surface area contributed by atoms with E-state index in [1.165, 1.54) is 6.42 Å². The topological polar surface area (TPSA) is 90.9 Å². The maximum Gasteiger partial charge on any atom is 0.326 e. The van der Waals surface area contributed by atoms with E-state index in [2.05, 4.69) is 16.5 Å². The van der Waals surface area contributed by atoms with Crippen LogP contribution in [0.25, 0.3) is 0 Å². The Balaban J connectivity index is 2.24. The summed E-state index contributed by atoms with van der Waals surface area (Å²) in [6.07, 6.45) is 5.17. The Morgan fingerprint density at radius 1 is 1.50 bits per heavy atom. The van der Waals surface area contributed by atoms with Gasteiger partial charge in [-0.2, -0.15) is 10.4 Å². The maximum absolute atomic E-state index is 11.5. The van der Waals surface area contributed by atoms with E-state index in [9.17, 15) is 15.2 Å². The van der Waals surface area contributed by atoms with Crippen molar-refractivity contribution in [1.29, 1.82) is 5.26 Å². The summed E-state index contributed by atoms with van der Waals surface area (Å²) in [5, 5.41) is 25.9. The Morgan fingerprint density at radius 2 is 2.15 bits per heavy atom. The summed E-state index contributed by atoms with van der Waals surface area (Å²) >= 11 is 0. The van der Waals surface area contributed by atoms with Crippen LogP contribution in [0.5, 0.6) is 0 Å². The van der Waals surface area contributed by atoms with Crippen LogP contribution in [0.3, 0.4) is 0 Å². The molecule has 1 heterocycles.